The molecule has 116 valence electrons. The molecule has 1 N–H and O–H groups in total. The molecule has 0 radical (unpaired) electrons. The van der Waals surface area contributed by atoms with Gasteiger partial charge in [0.1, 0.15) is 11.5 Å². The van der Waals surface area contributed by atoms with Crippen molar-refractivity contribution in [3.05, 3.63) is 23.8 Å². The molecule has 2 rings (SSSR count). The van der Waals surface area contributed by atoms with Crippen molar-refractivity contribution in [2.24, 2.45) is 5.92 Å². The highest BCUT2D eigenvalue weighted by Gasteiger charge is 2.22. The van der Waals surface area contributed by atoms with Crippen LogP contribution < -0.4 is 9.47 Å². The lowest BCUT2D eigenvalue weighted by atomic mass is 9.94. The maximum absolute atomic E-state index is 10.9. The van der Waals surface area contributed by atoms with Crippen molar-refractivity contribution in [1.29, 1.82) is 0 Å². The van der Waals surface area contributed by atoms with Gasteiger partial charge >= 0.3 is 5.97 Å². The Hall–Kier alpha value is -1.75. The predicted octanol–water partition coefficient (Wildman–Crippen LogP) is 2.39. The molecule has 5 nitrogen and oxygen atoms in total. The first-order valence-electron chi connectivity index (χ1n) is 7.27. The van der Waals surface area contributed by atoms with E-state index in [0.717, 1.165) is 49.5 Å². The van der Waals surface area contributed by atoms with Crippen LogP contribution in [-0.2, 0) is 11.3 Å². The lowest BCUT2D eigenvalue weighted by molar-refractivity contribution is -0.138. The molecule has 1 fully saturated rings. The van der Waals surface area contributed by atoms with Gasteiger partial charge in [0, 0.05) is 31.1 Å². The molecule has 0 spiro atoms. The molecular weight excluding hydrogens is 270 g/mol. The van der Waals surface area contributed by atoms with Crippen LogP contribution in [0.5, 0.6) is 11.5 Å². The molecule has 0 aliphatic carbocycles. The van der Waals surface area contributed by atoms with Gasteiger partial charge in [-0.05, 0) is 31.4 Å². The molecule has 0 saturated carbocycles. The molecule has 1 aromatic rings. The van der Waals surface area contributed by atoms with Gasteiger partial charge in [-0.25, -0.2) is 0 Å². The second-order valence-corrected chi connectivity index (χ2v) is 5.52. The number of rotatable bonds is 6. The second-order valence-electron chi connectivity index (χ2n) is 5.52. The van der Waals surface area contributed by atoms with E-state index in [-0.39, 0.29) is 12.3 Å². The molecule has 1 unspecified atom stereocenters. The summed E-state index contributed by atoms with van der Waals surface area (Å²) in [4.78, 5) is 13.2. The van der Waals surface area contributed by atoms with Crippen molar-refractivity contribution in [3.8, 4) is 11.5 Å². The Morgan fingerprint density at radius 1 is 1.38 bits per heavy atom. The zero-order chi connectivity index (χ0) is 15.2. The Bertz CT molecular complexity index is 489. The van der Waals surface area contributed by atoms with Crippen molar-refractivity contribution < 1.29 is 19.4 Å². The number of hydrogen-bond donors (Lipinski definition) is 1. The Labute approximate surface area is 125 Å². The van der Waals surface area contributed by atoms with E-state index in [1.54, 1.807) is 14.2 Å². The summed E-state index contributed by atoms with van der Waals surface area (Å²) in [6, 6.07) is 5.82. The number of nitrogens with zero attached hydrogens (tertiary/aromatic N) is 1. The molecular formula is C16H23NO4. The van der Waals surface area contributed by atoms with Crippen LogP contribution in [0.3, 0.4) is 0 Å². The molecule has 1 aliphatic heterocycles. The Kier molecular flexibility index (Phi) is 5.44. The van der Waals surface area contributed by atoms with Crippen LogP contribution in [0, 0.1) is 5.92 Å². The summed E-state index contributed by atoms with van der Waals surface area (Å²) in [5.74, 6) is 1.14. The normalized spacial score (nSPS) is 19.2. The smallest absolute Gasteiger partial charge is 0.303 e. The highest BCUT2D eigenvalue weighted by molar-refractivity contribution is 5.67. The van der Waals surface area contributed by atoms with Crippen LogP contribution in [0.25, 0.3) is 0 Å². The SMILES string of the molecule is COc1ccc(CN2CCCC(CC(=O)O)C2)c(OC)c1. The number of ether oxygens (including phenoxy) is 2. The average molecular weight is 293 g/mol. The molecule has 1 atom stereocenters. The Balaban J connectivity index is 2.02. The highest BCUT2D eigenvalue weighted by atomic mass is 16.5. The van der Waals surface area contributed by atoms with E-state index in [2.05, 4.69) is 4.90 Å². The van der Waals surface area contributed by atoms with Crippen LogP contribution >= 0.6 is 0 Å². The molecule has 5 heteroatoms. The number of carboxylic acid groups (broad SMARTS) is 1. The molecule has 1 saturated heterocycles. The lowest BCUT2D eigenvalue weighted by Gasteiger charge is -2.32. The standard InChI is InChI=1S/C16H23NO4/c1-20-14-6-5-13(15(9-14)21-2)11-17-7-3-4-12(10-17)8-16(18)19/h5-6,9,12H,3-4,7-8,10-11H2,1-2H3,(H,18,19). The van der Waals surface area contributed by atoms with Crippen molar-refractivity contribution in [3.63, 3.8) is 0 Å². The molecule has 21 heavy (non-hydrogen) atoms. The predicted molar refractivity (Wildman–Crippen MR) is 79.8 cm³/mol. The molecule has 1 aliphatic rings. The fourth-order valence-corrected chi connectivity index (χ4v) is 2.93. The summed E-state index contributed by atoms with van der Waals surface area (Å²) in [5.41, 5.74) is 1.11. The Morgan fingerprint density at radius 2 is 2.19 bits per heavy atom. The van der Waals surface area contributed by atoms with Gasteiger partial charge in [0.15, 0.2) is 0 Å². The summed E-state index contributed by atoms with van der Waals surface area (Å²) >= 11 is 0. The minimum atomic E-state index is -0.705. The minimum Gasteiger partial charge on any atom is -0.497 e. The number of carboxylic acids is 1. The first kappa shape index (κ1) is 15.6. The number of carbonyl (C=O) groups is 1. The van der Waals surface area contributed by atoms with Gasteiger partial charge in [0.25, 0.3) is 0 Å². The molecule has 1 heterocycles. The fraction of sp³-hybridized carbons (Fsp3) is 0.562. The summed E-state index contributed by atoms with van der Waals surface area (Å²) in [5, 5.41) is 8.93. The van der Waals surface area contributed by atoms with E-state index < -0.39 is 5.97 Å². The number of aliphatic carboxylic acids is 1. The first-order chi connectivity index (χ1) is 10.1. The van der Waals surface area contributed by atoms with Gasteiger partial charge in [-0.3, -0.25) is 9.69 Å². The van der Waals surface area contributed by atoms with Gasteiger partial charge in [0.05, 0.1) is 14.2 Å². The van der Waals surface area contributed by atoms with E-state index in [4.69, 9.17) is 14.6 Å². The maximum Gasteiger partial charge on any atom is 0.303 e. The lowest BCUT2D eigenvalue weighted by Crippen LogP contribution is -2.35. The van der Waals surface area contributed by atoms with Gasteiger partial charge in [0.2, 0.25) is 0 Å². The van der Waals surface area contributed by atoms with E-state index in [0.29, 0.717) is 0 Å². The van der Waals surface area contributed by atoms with Crippen molar-refractivity contribution in [2.75, 3.05) is 27.3 Å². The van der Waals surface area contributed by atoms with Crippen molar-refractivity contribution in [1.82, 2.24) is 4.90 Å². The number of benzene rings is 1. The third kappa shape index (κ3) is 4.36. The first-order valence-corrected chi connectivity index (χ1v) is 7.27. The van der Waals surface area contributed by atoms with Crippen LogP contribution in [0.15, 0.2) is 18.2 Å². The molecule has 0 bridgehead atoms. The van der Waals surface area contributed by atoms with E-state index >= 15 is 0 Å². The van der Waals surface area contributed by atoms with Gasteiger partial charge in [-0.2, -0.15) is 0 Å². The minimum absolute atomic E-state index is 0.250. The van der Waals surface area contributed by atoms with Gasteiger partial charge < -0.3 is 14.6 Å². The quantitative estimate of drug-likeness (QED) is 0.872. The summed E-state index contributed by atoms with van der Waals surface area (Å²) in [6.07, 6.45) is 2.31. The topological polar surface area (TPSA) is 59.0 Å². The van der Waals surface area contributed by atoms with E-state index in [1.807, 2.05) is 18.2 Å². The van der Waals surface area contributed by atoms with E-state index in [1.165, 1.54) is 0 Å². The van der Waals surface area contributed by atoms with Crippen LogP contribution in [0.4, 0.5) is 0 Å². The molecule has 0 amide bonds. The largest absolute Gasteiger partial charge is 0.497 e. The summed E-state index contributed by atoms with van der Waals surface area (Å²) < 4.78 is 10.6. The zero-order valence-corrected chi connectivity index (χ0v) is 12.7. The maximum atomic E-state index is 10.9. The number of piperidine rings is 1. The van der Waals surface area contributed by atoms with Crippen LogP contribution in [-0.4, -0.2) is 43.3 Å². The van der Waals surface area contributed by atoms with Gasteiger partial charge in [-0.15, -0.1) is 0 Å². The highest BCUT2D eigenvalue weighted by Crippen LogP contribution is 2.28. The zero-order valence-electron chi connectivity index (χ0n) is 12.7. The fourth-order valence-electron chi connectivity index (χ4n) is 2.93. The number of hydrogen-bond acceptors (Lipinski definition) is 4. The van der Waals surface area contributed by atoms with Crippen molar-refractivity contribution in [2.45, 2.75) is 25.8 Å². The number of likely N-dealkylation sites (tertiary alicyclic amines) is 1. The van der Waals surface area contributed by atoms with E-state index in [9.17, 15) is 4.79 Å². The summed E-state index contributed by atoms with van der Waals surface area (Å²) in [7, 11) is 3.29. The van der Waals surface area contributed by atoms with Crippen LogP contribution in [0.2, 0.25) is 0 Å². The molecule has 0 aromatic heterocycles. The third-order valence-corrected chi connectivity index (χ3v) is 3.95. The number of methoxy groups -OCH3 is 2. The van der Waals surface area contributed by atoms with Crippen molar-refractivity contribution >= 4 is 5.97 Å². The average Bonchev–Trinajstić information content (AvgIpc) is 2.47. The van der Waals surface area contributed by atoms with Crippen LogP contribution in [0.1, 0.15) is 24.8 Å². The second kappa shape index (κ2) is 7.31. The van der Waals surface area contributed by atoms with Gasteiger partial charge in [-0.1, -0.05) is 6.07 Å². The Morgan fingerprint density at radius 3 is 2.86 bits per heavy atom. The third-order valence-electron chi connectivity index (χ3n) is 3.95. The molecule has 1 aromatic carbocycles. The summed E-state index contributed by atoms with van der Waals surface area (Å²) in [6.45, 7) is 2.62. The monoisotopic (exact) mass is 293 g/mol.